The summed E-state index contributed by atoms with van der Waals surface area (Å²) in [4.78, 5) is 18.2. The van der Waals surface area contributed by atoms with E-state index in [-0.39, 0.29) is 24.2 Å². The summed E-state index contributed by atoms with van der Waals surface area (Å²) in [5, 5.41) is 7.14. The molecule has 1 saturated heterocycles. The number of aryl methyl sites for hydroxylation is 2. The van der Waals surface area contributed by atoms with Gasteiger partial charge in [-0.2, -0.15) is 0 Å². The van der Waals surface area contributed by atoms with Crippen molar-refractivity contribution in [3.63, 3.8) is 0 Å². The van der Waals surface area contributed by atoms with Gasteiger partial charge in [-0.3, -0.25) is 4.79 Å². The normalized spacial score (nSPS) is 20.0. The summed E-state index contributed by atoms with van der Waals surface area (Å²) in [6.45, 7) is 7.15. The monoisotopic (exact) mass is 379 g/mol. The predicted octanol–water partition coefficient (Wildman–Crippen LogP) is 4.10. The van der Waals surface area contributed by atoms with E-state index < -0.39 is 0 Å². The van der Waals surface area contributed by atoms with Gasteiger partial charge in [0, 0.05) is 23.3 Å². The van der Waals surface area contributed by atoms with E-state index in [0.29, 0.717) is 6.04 Å². The van der Waals surface area contributed by atoms with Gasteiger partial charge >= 0.3 is 0 Å². The van der Waals surface area contributed by atoms with E-state index in [0.717, 1.165) is 36.6 Å². The summed E-state index contributed by atoms with van der Waals surface area (Å²) in [6, 6.07) is 8.98. The van der Waals surface area contributed by atoms with Gasteiger partial charge in [0.1, 0.15) is 0 Å². The Hall–Kier alpha value is -1.43. The van der Waals surface area contributed by atoms with Gasteiger partial charge in [0.25, 0.3) is 0 Å². The van der Waals surface area contributed by atoms with Crippen molar-refractivity contribution in [1.29, 1.82) is 0 Å². The zero-order valence-corrected chi connectivity index (χ0v) is 16.6. The van der Waals surface area contributed by atoms with E-state index >= 15 is 0 Å². The van der Waals surface area contributed by atoms with Crippen LogP contribution in [0.25, 0.3) is 0 Å². The number of nitrogens with one attached hydrogen (secondary N) is 2. The molecule has 0 radical (unpaired) electrons. The number of amides is 1. The zero-order valence-electron chi connectivity index (χ0n) is 15.0. The minimum atomic E-state index is 0. The molecule has 1 aromatic heterocycles. The summed E-state index contributed by atoms with van der Waals surface area (Å²) >= 11 is 1.59. The molecule has 6 heteroatoms. The molecule has 2 aromatic rings. The molecule has 2 atom stereocenters. The van der Waals surface area contributed by atoms with Crippen LogP contribution in [-0.4, -0.2) is 23.5 Å². The minimum Gasteiger partial charge on any atom is -0.314 e. The minimum absolute atomic E-state index is 0. The SMILES string of the molecule is Cc1ccc(Cc2sc(NC(=O)[C@H]3CCN[C@@H](C)C3)nc2C)cc1.Cl. The second-order valence-electron chi connectivity index (χ2n) is 6.76. The summed E-state index contributed by atoms with van der Waals surface area (Å²) in [7, 11) is 0. The molecule has 2 N–H and O–H groups in total. The Bertz CT molecular complexity index is 714. The Balaban J connectivity index is 0.00000225. The third-order valence-electron chi connectivity index (χ3n) is 4.60. The van der Waals surface area contributed by atoms with Crippen LogP contribution in [0.3, 0.4) is 0 Å². The maximum Gasteiger partial charge on any atom is 0.229 e. The number of aromatic nitrogens is 1. The average molecular weight is 380 g/mol. The highest BCUT2D eigenvalue weighted by Gasteiger charge is 2.25. The van der Waals surface area contributed by atoms with E-state index in [4.69, 9.17) is 0 Å². The lowest BCUT2D eigenvalue weighted by molar-refractivity contribution is -0.120. The molecule has 1 aliphatic rings. The van der Waals surface area contributed by atoms with Crippen LogP contribution in [0.4, 0.5) is 5.13 Å². The molecule has 1 aromatic carbocycles. The highest BCUT2D eigenvalue weighted by molar-refractivity contribution is 7.15. The third kappa shape index (κ3) is 5.27. The zero-order chi connectivity index (χ0) is 17.1. The number of benzene rings is 1. The summed E-state index contributed by atoms with van der Waals surface area (Å²) in [6.07, 6.45) is 2.66. The van der Waals surface area contributed by atoms with Crippen molar-refractivity contribution in [3.05, 3.63) is 46.0 Å². The van der Waals surface area contributed by atoms with Crippen molar-refractivity contribution in [1.82, 2.24) is 10.3 Å². The van der Waals surface area contributed by atoms with Crippen molar-refractivity contribution in [2.75, 3.05) is 11.9 Å². The molecule has 0 unspecified atom stereocenters. The maximum atomic E-state index is 12.5. The highest BCUT2D eigenvalue weighted by Crippen LogP contribution is 2.27. The molecular weight excluding hydrogens is 354 g/mol. The second kappa shape index (κ2) is 8.79. The molecule has 3 rings (SSSR count). The Morgan fingerprint density at radius 2 is 2.04 bits per heavy atom. The van der Waals surface area contributed by atoms with Crippen molar-refractivity contribution in [2.45, 2.75) is 46.1 Å². The molecule has 0 spiro atoms. The van der Waals surface area contributed by atoms with Gasteiger partial charge in [-0.25, -0.2) is 4.98 Å². The second-order valence-corrected chi connectivity index (χ2v) is 7.84. The fourth-order valence-corrected chi connectivity index (χ4v) is 4.11. The van der Waals surface area contributed by atoms with Gasteiger partial charge in [-0.05, 0) is 45.7 Å². The number of rotatable bonds is 4. The molecule has 136 valence electrons. The number of nitrogens with zero attached hydrogens (tertiary/aromatic N) is 1. The van der Waals surface area contributed by atoms with E-state index in [1.165, 1.54) is 16.0 Å². The molecule has 2 heterocycles. The fourth-order valence-electron chi connectivity index (χ4n) is 3.11. The Morgan fingerprint density at radius 3 is 2.72 bits per heavy atom. The van der Waals surface area contributed by atoms with Crippen molar-refractivity contribution in [2.24, 2.45) is 5.92 Å². The number of anilines is 1. The first-order valence-electron chi connectivity index (χ1n) is 8.57. The van der Waals surface area contributed by atoms with Crippen LogP contribution in [0.5, 0.6) is 0 Å². The standard InChI is InChI=1S/C19H25N3OS.ClH/c1-12-4-6-15(7-5-12)11-17-14(3)21-19(24-17)22-18(23)16-8-9-20-13(2)10-16;/h4-7,13,16,20H,8-11H2,1-3H3,(H,21,22,23);1H/t13-,16-;/m0./s1. The maximum absolute atomic E-state index is 12.5. The molecular formula is C19H26ClN3OS. The topological polar surface area (TPSA) is 54.0 Å². The van der Waals surface area contributed by atoms with Gasteiger partial charge in [-0.1, -0.05) is 29.8 Å². The van der Waals surface area contributed by atoms with E-state index in [9.17, 15) is 4.79 Å². The lowest BCUT2D eigenvalue weighted by atomic mass is 9.93. The molecule has 1 aliphatic heterocycles. The van der Waals surface area contributed by atoms with Crippen LogP contribution >= 0.6 is 23.7 Å². The predicted molar refractivity (Wildman–Crippen MR) is 107 cm³/mol. The Morgan fingerprint density at radius 1 is 1.32 bits per heavy atom. The average Bonchev–Trinajstić information content (AvgIpc) is 2.89. The largest absolute Gasteiger partial charge is 0.314 e. The van der Waals surface area contributed by atoms with Crippen LogP contribution in [0.15, 0.2) is 24.3 Å². The van der Waals surface area contributed by atoms with Crippen molar-refractivity contribution >= 4 is 34.8 Å². The van der Waals surface area contributed by atoms with Crippen LogP contribution < -0.4 is 10.6 Å². The highest BCUT2D eigenvalue weighted by atomic mass is 35.5. The van der Waals surface area contributed by atoms with Crippen LogP contribution in [0.1, 0.15) is 41.5 Å². The van der Waals surface area contributed by atoms with Crippen LogP contribution in [0.2, 0.25) is 0 Å². The number of hydrogen-bond acceptors (Lipinski definition) is 4. The van der Waals surface area contributed by atoms with E-state index in [2.05, 4.69) is 53.7 Å². The fraction of sp³-hybridized carbons (Fsp3) is 0.474. The molecule has 1 amide bonds. The Labute approximate surface area is 159 Å². The number of carbonyl (C=O) groups is 1. The smallest absolute Gasteiger partial charge is 0.229 e. The third-order valence-corrected chi connectivity index (χ3v) is 5.68. The molecule has 0 aliphatic carbocycles. The first-order valence-corrected chi connectivity index (χ1v) is 9.39. The van der Waals surface area contributed by atoms with Crippen LogP contribution in [0, 0.1) is 19.8 Å². The first kappa shape index (κ1) is 19.9. The number of thiazole rings is 1. The molecule has 0 saturated carbocycles. The van der Waals surface area contributed by atoms with Crippen molar-refractivity contribution < 1.29 is 4.79 Å². The summed E-state index contributed by atoms with van der Waals surface area (Å²) in [5.41, 5.74) is 3.55. The van der Waals surface area contributed by atoms with Gasteiger partial charge in [0.15, 0.2) is 5.13 Å². The van der Waals surface area contributed by atoms with Gasteiger partial charge in [-0.15, -0.1) is 23.7 Å². The number of piperidine rings is 1. The lowest BCUT2D eigenvalue weighted by Gasteiger charge is -2.26. The summed E-state index contributed by atoms with van der Waals surface area (Å²) in [5.74, 6) is 0.199. The van der Waals surface area contributed by atoms with E-state index in [1.54, 1.807) is 11.3 Å². The summed E-state index contributed by atoms with van der Waals surface area (Å²) < 4.78 is 0. The Kier molecular flexibility index (Phi) is 6.99. The van der Waals surface area contributed by atoms with Gasteiger partial charge in [0.05, 0.1) is 5.69 Å². The molecule has 25 heavy (non-hydrogen) atoms. The molecule has 1 fully saturated rings. The number of hydrogen-bond donors (Lipinski definition) is 2. The van der Waals surface area contributed by atoms with Crippen LogP contribution in [-0.2, 0) is 11.2 Å². The van der Waals surface area contributed by atoms with E-state index in [1.807, 2.05) is 6.92 Å². The quantitative estimate of drug-likeness (QED) is 0.840. The lowest BCUT2D eigenvalue weighted by Crippen LogP contribution is -2.40. The van der Waals surface area contributed by atoms with Gasteiger partial charge < -0.3 is 10.6 Å². The number of halogens is 1. The molecule has 4 nitrogen and oxygen atoms in total. The van der Waals surface area contributed by atoms with Gasteiger partial charge in [0.2, 0.25) is 5.91 Å². The molecule has 0 bridgehead atoms. The number of carbonyl (C=O) groups excluding carboxylic acids is 1. The first-order chi connectivity index (χ1) is 11.5. The van der Waals surface area contributed by atoms with Crippen molar-refractivity contribution in [3.8, 4) is 0 Å².